The number of carbonyl (C=O) groups excluding carboxylic acids is 1. The predicted molar refractivity (Wildman–Crippen MR) is 89.7 cm³/mol. The average Bonchev–Trinajstić information content (AvgIpc) is 3.26. The van der Waals surface area contributed by atoms with E-state index in [1.54, 1.807) is 24.1 Å². The zero-order valence-corrected chi connectivity index (χ0v) is 13.6. The first-order valence-electron chi connectivity index (χ1n) is 7.64. The standard InChI is InChI=1S/C17H19N5O2/c1-12(11-22-8-4-7-18-22)19-17(23)16-10-15(20-21-16)13-5-3-6-14(9-13)24-2/h3-10,12H,11H2,1-2H3,(H,19,23)(H,20,21)/t12-/m1/s1. The zero-order valence-electron chi connectivity index (χ0n) is 13.6. The molecule has 0 unspecified atom stereocenters. The largest absolute Gasteiger partial charge is 0.497 e. The second-order valence-electron chi connectivity index (χ2n) is 5.50. The summed E-state index contributed by atoms with van der Waals surface area (Å²) in [6.07, 6.45) is 3.57. The van der Waals surface area contributed by atoms with Crippen molar-refractivity contribution in [1.82, 2.24) is 25.3 Å². The maximum atomic E-state index is 12.3. The fraction of sp³-hybridized carbons (Fsp3) is 0.235. The Bertz CT molecular complexity index is 810. The van der Waals surface area contributed by atoms with Crippen LogP contribution in [-0.4, -0.2) is 39.0 Å². The first-order valence-corrected chi connectivity index (χ1v) is 7.64. The van der Waals surface area contributed by atoms with Gasteiger partial charge in [-0.3, -0.25) is 14.6 Å². The van der Waals surface area contributed by atoms with Gasteiger partial charge in [0.2, 0.25) is 0 Å². The third kappa shape index (κ3) is 3.62. The summed E-state index contributed by atoms with van der Waals surface area (Å²) in [5.74, 6) is 0.547. The molecule has 3 rings (SSSR count). The van der Waals surface area contributed by atoms with E-state index in [0.717, 1.165) is 11.3 Å². The maximum Gasteiger partial charge on any atom is 0.269 e. The van der Waals surface area contributed by atoms with E-state index in [1.165, 1.54) is 0 Å². The zero-order chi connectivity index (χ0) is 16.9. The minimum Gasteiger partial charge on any atom is -0.497 e. The highest BCUT2D eigenvalue weighted by Gasteiger charge is 2.14. The minimum atomic E-state index is -0.198. The molecule has 2 heterocycles. The molecule has 0 spiro atoms. The van der Waals surface area contributed by atoms with E-state index in [2.05, 4.69) is 20.6 Å². The van der Waals surface area contributed by atoms with Crippen molar-refractivity contribution in [1.29, 1.82) is 0 Å². The molecule has 0 radical (unpaired) electrons. The monoisotopic (exact) mass is 325 g/mol. The van der Waals surface area contributed by atoms with Crippen LogP contribution >= 0.6 is 0 Å². The summed E-state index contributed by atoms with van der Waals surface area (Å²) in [5.41, 5.74) is 1.99. The van der Waals surface area contributed by atoms with Crippen molar-refractivity contribution in [2.45, 2.75) is 19.5 Å². The van der Waals surface area contributed by atoms with E-state index in [-0.39, 0.29) is 11.9 Å². The summed E-state index contributed by atoms with van der Waals surface area (Å²) in [5, 5.41) is 14.0. The van der Waals surface area contributed by atoms with Crippen molar-refractivity contribution < 1.29 is 9.53 Å². The van der Waals surface area contributed by atoms with E-state index in [0.29, 0.717) is 17.9 Å². The number of H-pyrrole nitrogens is 1. The second-order valence-corrected chi connectivity index (χ2v) is 5.50. The lowest BCUT2D eigenvalue weighted by atomic mass is 10.1. The summed E-state index contributed by atoms with van der Waals surface area (Å²) < 4.78 is 6.99. The Hall–Kier alpha value is -3.09. The van der Waals surface area contributed by atoms with Crippen molar-refractivity contribution >= 4 is 5.91 Å². The smallest absolute Gasteiger partial charge is 0.269 e. The number of methoxy groups -OCH3 is 1. The molecule has 7 nitrogen and oxygen atoms in total. The Labute approximate surface area is 139 Å². The number of aromatic nitrogens is 4. The number of nitrogens with one attached hydrogen (secondary N) is 2. The van der Waals surface area contributed by atoms with Gasteiger partial charge in [0.15, 0.2) is 0 Å². The van der Waals surface area contributed by atoms with Gasteiger partial charge in [0.25, 0.3) is 5.91 Å². The second kappa shape index (κ2) is 6.99. The maximum absolute atomic E-state index is 12.3. The molecule has 1 amide bonds. The van der Waals surface area contributed by atoms with Gasteiger partial charge in [-0.25, -0.2) is 0 Å². The third-order valence-electron chi connectivity index (χ3n) is 3.59. The van der Waals surface area contributed by atoms with Crippen LogP contribution in [0.3, 0.4) is 0 Å². The van der Waals surface area contributed by atoms with E-state index >= 15 is 0 Å². The molecular formula is C17H19N5O2. The van der Waals surface area contributed by atoms with Crippen molar-refractivity contribution in [3.63, 3.8) is 0 Å². The number of benzene rings is 1. The number of hydrogen-bond donors (Lipinski definition) is 2. The predicted octanol–water partition coefficient (Wildman–Crippen LogP) is 2.10. The fourth-order valence-electron chi connectivity index (χ4n) is 2.40. The number of carbonyl (C=O) groups is 1. The first kappa shape index (κ1) is 15.8. The van der Waals surface area contributed by atoms with Gasteiger partial charge in [0.1, 0.15) is 11.4 Å². The van der Waals surface area contributed by atoms with Gasteiger partial charge >= 0.3 is 0 Å². The van der Waals surface area contributed by atoms with Crippen LogP contribution in [0.25, 0.3) is 11.3 Å². The minimum absolute atomic E-state index is 0.0547. The van der Waals surface area contributed by atoms with Gasteiger partial charge in [0.05, 0.1) is 19.3 Å². The van der Waals surface area contributed by atoms with Crippen LogP contribution in [0.5, 0.6) is 5.75 Å². The Morgan fingerprint density at radius 2 is 2.25 bits per heavy atom. The molecule has 0 bridgehead atoms. The molecule has 7 heteroatoms. The number of rotatable bonds is 6. The van der Waals surface area contributed by atoms with Gasteiger partial charge in [-0.1, -0.05) is 12.1 Å². The van der Waals surface area contributed by atoms with Crippen molar-refractivity contribution in [3.8, 4) is 17.0 Å². The van der Waals surface area contributed by atoms with Gasteiger partial charge in [-0.05, 0) is 31.2 Å². The highest BCUT2D eigenvalue weighted by atomic mass is 16.5. The molecule has 0 aliphatic heterocycles. The summed E-state index contributed by atoms with van der Waals surface area (Å²) in [6, 6.07) is 11.1. The summed E-state index contributed by atoms with van der Waals surface area (Å²) >= 11 is 0. The van der Waals surface area contributed by atoms with Gasteiger partial charge in [0, 0.05) is 24.0 Å². The molecule has 0 aliphatic carbocycles. The van der Waals surface area contributed by atoms with Crippen LogP contribution in [0, 0.1) is 0 Å². The van der Waals surface area contributed by atoms with Crippen molar-refractivity contribution in [2.24, 2.45) is 0 Å². The van der Waals surface area contributed by atoms with Crippen molar-refractivity contribution in [2.75, 3.05) is 7.11 Å². The molecule has 2 aromatic heterocycles. The molecule has 0 aliphatic rings. The molecule has 24 heavy (non-hydrogen) atoms. The number of nitrogens with zero attached hydrogens (tertiary/aromatic N) is 3. The molecule has 0 fully saturated rings. The van der Waals surface area contributed by atoms with Crippen LogP contribution in [0.15, 0.2) is 48.8 Å². The van der Waals surface area contributed by atoms with Gasteiger partial charge < -0.3 is 10.1 Å². The van der Waals surface area contributed by atoms with E-state index in [1.807, 2.05) is 43.5 Å². The normalized spacial score (nSPS) is 11.9. The summed E-state index contributed by atoms with van der Waals surface area (Å²) in [6.45, 7) is 2.54. The van der Waals surface area contributed by atoms with Crippen LogP contribution in [0.1, 0.15) is 17.4 Å². The summed E-state index contributed by atoms with van der Waals surface area (Å²) in [7, 11) is 1.61. The lowest BCUT2D eigenvalue weighted by molar-refractivity contribution is 0.0931. The molecule has 1 atom stereocenters. The van der Waals surface area contributed by atoms with Gasteiger partial charge in [-0.15, -0.1) is 0 Å². The van der Waals surface area contributed by atoms with E-state index in [9.17, 15) is 4.79 Å². The molecule has 3 aromatic rings. The summed E-state index contributed by atoms with van der Waals surface area (Å²) in [4.78, 5) is 12.3. The third-order valence-corrected chi connectivity index (χ3v) is 3.59. The fourth-order valence-corrected chi connectivity index (χ4v) is 2.40. The average molecular weight is 325 g/mol. The first-order chi connectivity index (χ1) is 11.7. The molecule has 124 valence electrons. The Kier molecular flexibility index (Phi) is 4.60. The lowest BCUT2D eigenvalue weighted by Crippen LogP contribution is -2.36. The molecule has 0 saturated carbocycles. The Balaban J connectivity index is 1.67. The Morgan fingerprint density at radius 3 is 3.00 bits per heavy atom. The molecule has 1 aromatic carbocycles. The number of amides is 1. The number of ether oxygens (including phenoxy) is 1. The highest BCUT2D eigenvalue weighted by molar-refractivity contribution is 5.93. The quantitative estimate of drug-likeness (QED) is 0.727. The van der Waals surface area contributed by atoms with E-state index < -0.39 is 0 Å². The van der Waals surface area contributed by atoms with Crippen molar-refractivity contribution in [3.05, 3.63) is 54.5 Å². The van der Waals surface area contributed by atoms with E-state index in [4.69, 9.17) is 4.74 Å². The topological polar surface area (TPSA) is 84.8 Å². The number of aromatic amines is 1. The van der Waals surface area contributed by atoms with Crippen LogP contribution in [0.2, 0.25) is 0 Å². The van der Waals surface area contributed by atoms with Gasteiger partial charge in [-0.2, -0.15) is 10.2 Å². The highest BCUT2D eigenvalue weighted by Crippen LogP contribution is 2.22. The SMILES string of the molecule is COc1cccc(-c2cc(C(=O)N[C@H](C)Cn3cccn3)[nH]n2)c1. The Morgan fingerprint density at radius 1 is 1.38 bits per heavy atom. The number of hydrogen-bond acceptors (Lipinski definition) is 4. The molecule has 0 saturated heterocycles. The molecular weight excluding hydrogens is 306 g/mol. The van der Waals surface area contributed by atoms with Crippen LogP contribution < -0.4 is 10.1 Å². The van der Waals surface area contributed by atoms with Crippen LogP contribution in [0.4, 0.5) is 0 Å². The molecule has 2 N–H and O–H groups in total. The lowest BCUT2D eigenvalue weighted by Gasteiger charge is -2.12. The van der Waals surface area contributed by atoms with Crippen LogP contribution in [-0.2, 0) is 6.54 Å².